The van der Waals surface area contributed by atoms with Gasteiger partial charge in [-0.05, 0) is 13.0 Å². The van der Waals surface area contributed by atoms with Gasteiger partial charge in [-0.15, -0.1) is 0 Å². The molecule has 4 heteroatoms. The van der Waals surface area contributed by atoms with Crippen molar-refractivity contribution >= 4 is 11.8 Å². The molecule has 0 radical (unpaired) electrons. The minimum Gasteiger partial charge on any atom is -0.478 e. The van der Waals surface area contributed by atoms with E-state index < -0.39 is 5.97 Å². The Morgan fingerprint density at radius 3 is 2.55 bits per heavy atom. The Labute approximate surface area is 63.5 Å². The van der Waals surface area contributed by atoms with Gasteiger partial charge in [0.15, 0.2) is 5.78 Å². The molecule has 0 spiro atoms. The number of carbonyl (C=O) groups is 2. The van der Waals surface area contributed by atoms with E-state index in [1.165, 1.54) is 6.92 Å². The van der Waals surface area contributed by atoms with Gasteiger partial charge in [0.1, 0.15) is 6.10 Å². The van der Waals surface area contributed by atoms with Crippen LogP contribution in [-0.4, -0.2) is 29.6 Å². The van der Waals surface area contributed by atoms with Crippen LogP contribution in [0, 0.1) is 0 Å². The van der Waals surface area contributed by atoms with Gasteiger partial charge in [0.2, 0.25) is 0 Å². The van der Waals surface area contributed by atoms with Crippen molar-refractivity contribution in [3.63, 3.8) is 0 Å². The van der Waals surface area contributed by atoms with Crippen LogP contribution in [-0.2, 0) is 14.3 Å². The number of carboxylic acid groups (broad SMARTS) is 1. The summed E-state index contributed by atoms with van der Waals surface area (Å²) in [5, 5.41) is 8.37. The first-order valence-corrected chi connectivity index (χ1v) is 3.18. The molecule has 0 aromatic carbocycles. The second kappa shape index (κ2) is 2.84. The first-order valence-electron chi connectivity index (χ1n) is 3.18. The average molecular weight is 156 g/mol. The van der Waals surface area contributed by atoms with Gasteiger partial charge < -0.3 is 9.84 Å². The van der Waals surface area contributed by atoms with Crippen LogP contribution in [0.1, 0.15) is 6.92 Å². The summed E-state index contributed by atoms with van der Waals surface area (Å²) in [6.45, 7) is 1.80. The van der Waals surface area contributed by atoms with E-state index in [0.29, 0.717) is 6.61 Å². The van der Waals surface area contributed by atoms with Crippen LogP contribution >= 0.6 is 0 Å². The Kier molecular flexibility index (Phi) is 2.05. The molecule has 1 heterocycles. The molecule has 1 atom stereocenters. The quantitative estimate of drug-likeness (QED) is 0.460. The van der Waals surface area contributed by atoms with Gasteiger partial charge in [0, 0.05) is 5.57 Å². The number of ether oxygens (including phenoxy) is 1. The SMILES string of the molecule is CC(=CC(=O)C1CO1)C(=O)O. The number of carboxylic acids is 1. The summed E-state index contributed by atoms with van der Waals surface area (Å²) in [5.41, 5.74) is 0.0468. The van der Waals surface area contributed by atoms with E-state index in [2.05, 4.69) is 4.74 Å². The first-order chi connectivity index (χ1) is 5.11. The van der Waals surface area contributed by atoms with E-state index >= 15 is 0 Å². The van der Waals surface area contributed by atoms with Crippen molar-refractivity contribution in [1.29, 1.82) is 0 Å². The van der Waals surface area contributed by atoms with Crippen LogP contribution in [0.4, 0.5) is 0 Å². The number of carbonyl (C=O) groups excluding carboxylic acids is 1. The zero-order chi connectivity index (χ0) is 8.43. The average Bonchev–Trinajstić information content (AvgIpc) is 2.67. The zero-order valence-corrected chi connectivity index (χ0v) is 6.03. The summed E-state index contributed by atoms with van der Waals surface area (Å²) in [5.74, 6) is -1.33. The fourth-order valence-corrected chi connectivity index (χ4v) is 0.580. The van der Waals surface area contributed by atoms with Crippen LogP contribution in [0.15, 0.2) is 11.6 Å². The van der Waals surface area contributed by atoms with Gasteiger partial charge in [-0.3, -0.25) is 4.79 Å². The van der Waals surface area contributed by atoms with E-state index in [-0.39, 0.29) is 17.5 Å². The van der Waals surface area contributed by atoms with Crippen molar-refractivity contribution in [2.45, 2.75) is 13.0 Å². The molecule has 1 saturated heterocycles. The normalized spacial score (nSPS) is 23.0. The molecule has 1 N–H and O–H groups in total. The van der Waals surface area contributed by atoms with E-state index in [1.807, 2.05) is 0 Å². The number of aliphatic carboxylic acids is 1. The minimum atomic E-state index is -1.07. The molecule has 0 saturated carbocycles. The van der Waals surface area contributed by atoms with E-state index in [4.69, 9.17) is 5.11 Å². The molecule has 0 aromatic heterocycles. The molecular formula is C7H8O4. The van der Waals surface area contributed by atoms with Crippen molar-refractivity contribution in [3.05, 3.63) is 11.6 Å². The van der Waals surface area contributed by atoms with Crippen LogP contribution in [0.3, 0.4) is 0 Å². The maximum Gasteiger partial charge on any atom is 0.331 e. The van der Waals surface area contributed by atoms with Crippen LogP contribution < -0.4 is 0 Å². The Hall–Kier alpha value is -1.16. The summed E-state index contributed by atoms with van der Waals surface area (Å²) >= 11 is 0. The largest absolute Gasteiger partial charge is 0.478 e. The van der Waals surface area contributed by atoms with Crippen molar-refractivity contribution in [1.82, 2.24) is 0 Å². The molecule has 1 unspecified atom stereocenters. The molecule has 1 aliphatic heterocycles. The summed E-state index contributed by atoms with van der Waals surface area (Å²) in [4.78, 5) is 21.1. The lowest BCUT2D eigenvalue weighted by molar-refractivity contribution is -0.132. The molecule has 11 heavy (non-hydrogen) atoms. The highest BCUT2D eigenvalue weighted by Gasteiger charge is 2.29. The molecule has 1 rings (SSSR count). The smallest absolute Gasteiger partial charge is 0.331 e. The third-order valence-corrected chi connectivity index (χ3v) is 1.35. The lowest BCUT2D eigenvalue weighted by Crippen LogP contribution is -2.06. The van der Waals surface area contributed by atoms with Crippen LogP contribution in [0.2, 0.25) is 0 Å². The Balaban J connectivity index is 2.55. The Morgan fingerprint density at radius 2 is 2.18 bits per heavy atom. The summed E-state index contributed by atoms with van der Waals surface area (Å²) < 4.78 is 4.66. The predicted octanol–water partition coefficient (Wildman–Crippen LogP) is -0.0148. The maximum absolute atomic E-state index is 10.9. The fourth-order valence-electron chi connectivity index (χ4n) is 0.580. The van der Waals surface area contributed by atoms with Crippen LogP contribution in [0.25, 0.3) is 0 Å². The monoisotopic (exact) mass is 156 g/mol. The van der Waals surface area contributed by atoms with E-state index in [1.54, 1.807) is 0 Å². The Morgan fingerprint density at radius 1 is 1.64 bits per heavy atom. The predicted molar refractivity (Wildman–Crippen MR) is 36.1 cm³/mol. The number of epoxide rings is 1. The highest BCUT2D eigenvalue weighted by Crippen LogP contribution is 2.11. The zero-order valence-electron chi connectivity index (χ0n) is 6.03. The van der Waals surface area contributed by atoms with Gasteiger partial charge in [0.25, 0.3) is 0 Å². The summed E-state index contributed by atoms with van der Waals surface area (Å²) in [7, 11) is 0. The number of rotatable bonds is 3. The highest BCUT2D eigenvalue weighted by atomic mass is 16.6. The standard InChI is InChI=1S/C7H8O4/c1-4(7(9)10)2-5(8)6-3-11-6/h2,6H,3H2,1H3,(H,9,10). The van der Waals surface area contributed by atoms with Gasteiger partial charge >= 0.3 is 5.97 Å². The fraction of sp³-hybridized carbons (Fsp3) is 0.429. The third-order valence-electron chi connectivity index (χ3n) is 1.35. The van der Waals surface area contributed by atoms with Crippen molar-refractivity contribution in [3.8, 4) is 0 Å². The molecule has 4 nitrogen and oxygen atoms in total. The second-order valence-corrected chi connectivity index (χ2v) is 2.36. The molecule has 0 amide bonds. The molecular weight excluding hydrogens is 148 g/mol. The summed E-state index contributed by atoms with van der Waals surface area (Å²) in [6, 6.07) is 0. The topological polar surface area (TPSA) is 66.9 Å². The van der Waals surface area contributed by atoms with E-state index in [9.17, 15) is 9.59 Å². The van der Waals surface area contributed by atoms with Crippen LogP contribution in [0.5, 0.6) is 0 Å². The first kappa shape index (κ1) is 7.94. The maximum atomic E-state index is 10.9. The summed E-state index contributed by atoms with van der Waals surface area (Å²) in [6.07, 6.45) is 0.712. The second-order valence-electron chi connectivity index (χ2n) is 2.36. The van der Waals surface area contributed by atoms with Gasteiger partial charge in [-0.25, -0.2) is 4.79 Å². The van der Waals surface area contributed by atoms with Gasteiger partial charge in [0.05, 0.1) is 6.61 Å². The lowest BCUT2D eigenvalue weighted by atomic mass is 10.2. The van der Waals surface area contributed by atoms with Crippen molar-refractivity contribution in [2.24, 2.45) is 0 Å². The van der Waals surface area contributed by atoms with Crippen molar-refractivity contribution < 1.29 is 19.4 Å². The van der Waals surface area contributed by atoms with E-state index in [0.717, 1.165) is 6.08 Å². The highest BCUT2D eigenvalue weighted by molar-refractivity contribution is 6.01. The van der Waals surface area contributed by atoms with Gasteiger partial charge in [-0.2, -0.15) is 0 Å². The Bertz CT molecular complexity index is 225. The van der Waals surface area contributed by atoms with Crippen molar-refractivity contribution in [2.75, 3.05) is 6.61 Å². The number of ketones is 1. The lowest BCUT2D eigenvalue weighted by Gasteiger charge is -1.89. The number of hydrogen-bond acceptors (Lipinski definition) is 3. The molecule has 0 bridgehead atoms. The minimum absolute atomic E-state index is 0.0468. The third kappa shape index (κ3) is 2.16. The molecule has 0 aliphatic carbocycles. The molecule has 60 valence electrons. The van der Waals surface area contributed by atoms with Gasteiger partial charge in [-0.1, -0.05) is 0 Å². The molecule has 0 aromatic rings. The molecule has 1 fully saturated rings. The number of hydrogen-bond donors (Lipinski definition) is 1. The molecule has 1 aliphatic rings.